The fourth-order valence-electron chi connectivity index (χ4n) is 3.56. The third-order valence-corrected chi connectivity index (χ3v) is 4.92. The van der Waals surface area contributed by atoms with Crippen LogP contribution in [0.5, 0.6) is 0 Å². The average Bonchev–Trinajstić information content (AvgIpc) is 2.72. The first kappa shape index (κ1) is 18.4. The van der Waals surface area contributed by atoms with Gasteiger partial charge in [0.15, 0.2) is 0 Å². The summed E-state index contributed by atoms with van der Waals surface area (Å²) in [5.74, 6) is -0.494. The summed E-state index contributed by atoms with van der Waals surface area (Å²) >= 11 is 0. The molecule has 7 nitrogen and oxygen atoms in total. The smallest absolute Gasteiger partial charge is 0.256 e. The van der Waals surface area contributed by atoms with E-state index in [1.54, 1.807) is 29.2 Å². The van der Waals surface area contributed by atoms with Crippen molar-refractivity contribution in [2.24, 2.45) is 0 Å². The fraction of sp³-hybridized carbons (Fsp3) is 0.526. The molecule has 26 heavy (non-hydrogen) atoms. The highest BCUT2D eigenvalue weighted by atomic mass is 16.2. The highest BCUT2D eigenvalue weighted by molar-refractivity contribution is 6.12. The summed E-state index contributed by atoms with van der Waals surface area (Å²) < 4.78 is 0. The minimum atomic E-state index is -0.474. The summed E-state index contributed by atoms with van der Waals surface area (Å²) in [5, 5.41) is 2.84. The maximum atomic E-state index is 13.1. The van der Waals surface area contributed by atoms with Gasteiger partial charge in [-0.2, -0.15) is 0 Å². The van der Waals surface area contributed by atoms with Gasteiger partial charge in [-0.05, 0) is 45.5 Å². The first-order chi connectivity index (χ1) is 12.5. The van der Waals surface area contributed by atoms with E-state index < -0.39 is 6.04 Å². The number of likely N-dealkylation sites (N-methyl/N-ethyl adjacent to an activating group) is 1. The second kappa shape index (κ2) is 7.86. The van der Waals surface area contributed by atoms with E-state index in [4.69, 9.17) is 0 Å². The largest absolute Gasteiger partial charge is 0.353 e. The quantitative estimate of drug-likeness (QED) is 0.841. The lowest BCUT2D eigenvalue weighted by molar-refractivity contribution is -0.126. The van der Waals surface area contributed by atoms with Crippen LogP contribution in [-0.4, -0.2) is 73.8 Å². The number of hydrogen-bond acceptors (Lipinski definition) is 4. The predicted molar refractivity (Wildman–Crippen MR) is 99.0 cm³/mol. The van der Waals surface area contributed by atoms with Gasteiger partial charge >= 0.3 is 0 Å². The topological polar surface area (TPSA) is 73.0 Å². The van der Waals surface area contributed by atoms with Gasteiger partial charge in [-0.15, -0.1) is 0 Å². The molecule has 2 aliphatic heterocycles. The molecule has 0 aliphatic carbocycles. The van der Waals surface area contributed by atoms with Crippen molar-refractivity contribution in [1.29, 1.82) is 0 Å². The van der Waals surface area contributed by atoms with Crippen LogP contribution < -0.4 is 10.2 Å². The molecule has 1 aromatic carbocycles. The van der Waals surface area contributed by atoms with Gasteiger partial charge in [0.25, 0.3) is 5.91 Å². The van der Waals surface area contributed by atoms with E-state index in [0.717, 1.165) is 19.4 Å². The molecule has 1 atom stereocenters. The van der Waals surface area contributed by atoms with Gasteiger partial charge in [0, 0.05) is 19.6 Å². The minimum Gasteiger partial charge on any atom is -0.353 e. The van der Waals surface area contributed by atoms with Gasteiger partial charge in [0.05, 0.1) is 11.3 Å². The Morgan fingerprint density at radius 3 is 2.77 bits per heavy atom. The van der Waals surface area contributed by atoms with Crippen LogP contribution in [0.1, 0.15) is 29.6 Å². The van der Waals surface area contributed by atoms with Crippen molar-refractivity contribution in [3.8, 4) is 0 Å². The summed E-state index contributed by atoms with van der Waals surface area (Å²) in [6.45, 7) is 1.77. The number of nitrogens with zero attached hydrogens (tertiary/aromatic N) is 3. The first-order valence-electron chi connectivity index (χ1n) is 9.12. The molecule has 0 spiro atoms. The van der Waals surface area contributed by atoms with Crippen LogP contribution in [0.15, 0.2) is 24.3 Å². The summed E-state index contributed by atoms with van der Waals surface area (Å²) in [6.07, 6.45) is 2.47. The predicted octanol–water partition coefficient (Wildman–Crippen LogP) is 0.706. The van der Waals surface area contributed by atoms with Crippen LogP contribution in [0, 0.1) is 0 Å². The van der Waals surface area contributed by atoms with E-state index in [1.165, 1.54) is 4.90 Å². The van der Waals surface area contributed by atoms with Crippen LogP contribution >= 0.6 is 0 Å². The Bertz CT molecular complexity index is 704. The Morgan fingerprint density at radius 2 is 2.00 bits per heavy atom. The van der Waals surface area contributed by atoms with E-state index in [9.17, 15) is 14.4 Å². The highest BCUT2D eigenvalue weighted by Gasteiger charge is 2.40. The number of benzene rings is 1. The SMILES string of the molecule is CN(C)CCNC(=O)CN1C(=O)C2CCCCN2C(=O)c2ccccc21. The van der Waals surface area contributed by atoms with Crippen LogP contribution in [0.2, 0.25) is 0 Å². The second-order valence-electron chi connectivity index (χ2n) is 7.10. The minimum absolute atomic E-state index is 0.0686. The van der Waals surface area contributed by atoms with Crippen molar-refractivity contribution in [3.05, 3.63) is 29.8 Å². The highest BCUT2D eigenvalue weighted by Crippen LogP contribution is 2.31. The second-order valence-corrected chi connectivity index (χ2v) is 7.10. The van der Waals surface area contributed by atoms with Crippen molar-refractivity contribution in [3.63, 3.8) is 0 Å². The van der Waals surface area contributed by atoms with Gasteiger partial charge in [-0.25, -0.2) is 0 Å². The monoisotopic (exact) mass is 358 g/mol. The Hall–Kier alpha value is -2.41. The van der Waals surface area contributed by atoms with E-state index in [1.807, 2.05) is 19.0 Å². The molecule has 1 N–H and O–H groups in total. The van der Waals surface area contributed by atoms with Crippen molar-refractivity contribution in [2.75, 3.05) is 45.2 Å². The molecule has 1 unspecified atom stereocenters. The summed E-state index contributed by atoms with van der Waals surface area (Å²) in [5.41, 5.74) is 1.02. The number of hydrogen-bond donors (Lipinski definition) is 1. The summed E-state index contributed by atoms with van der Waals surface area (Å²) in [6, 6.07) is 6.59. The number of piperidine rings is 1. The molecule has 1 aromatic rings. The van der Waals surface area contributed by atoms with Crippen LogP contribution in [-0.2, 0) is 9.59 Å². The third-order valence-electron chi connectivity index (χ3n) is 4.92. The van der Waals surface area contributed by atoms with Gasteiger partial charge in [0.2, 0.25) is 11.8 Å². The molecule has 0 aromatic heterocycles. The number of nitrogens with one attached hydrogen (secondary N) is 1. The molecule has 1 fully saturated rings. The first-order valence-corrected chi connectivity index (χ1v) is 9.12. The fourth-order valence-corrected chi connectivity index (χ4v) is 3.56. The molecule has 3 amide bonds. The lowest BCUT2D eigenvalue weighted by Gasteiger charge is -2.34. The molecule has 0 radical (unpaired) electrons. The lowest BCUT2D eigenvalue weighted by Crippen LogP contribution is -2.52. The Balaban J connectivity index is 1.85. The number of fused-ring (bicyclic) bond motifs is 2. The van der Waals surface area contributed by atoms with Crippen molar-refractivity contribution in [1.82, 2.24) is 15.1 Å². The van der Waals surface area contributed by atoms with Crippen molar-refractivity contribution >= 4 is 23.4 Å². The normalized spacial score (nSPS) is 19.9. The van der Waals surface area contributed by atoms with Crippen LogP contribution in [0.3, 0.4) is 0 Å². The van der Waals surface area contributed by atoms with E-state index in [-0.39, 0.29) is 24.3 Å². The third kappa shape index (κ3) is 3.72. The van der Waals surface area contributed by atoms with E-state index in [2.05, 4.69) is 5.32 Å². The molecule has 2 heterocycles. The van der Waals surface area contributed by atoms with Crippen LogP contribution in [0.25, 0.3) is 0 Å². The number of anilines is 1. The van der Waals surface area contributed by atoms with E-state index >= 15 is 0 Å². The van der Waals surface area contributed by atoms with Crippen molar-refractivity contribution in [2.45, 2.75) is 25.3 Å². The van der Waals surface area contributed by atoms with Crippen LogP contribution in [0.4, 0.5) is 5.69 Å². The molecule has 0 saturated carbocycles. The maximum Gasteiger partial charge on any atom is 0.256 e. The average molecular weight is 358 g/mol. The zero-order valence-corrected chi connectivity index (χ0v) is 15.4. The zero-order chi connectivity index (χ0) is 18.7. The molecule has 3 rings (SSSR count). The van der Waals surface area contributed by atoms with E-state index in [0.29, 0.717) is 30.8 Å². The molecule has 2 aliphatic rings. The van der Waals surface area contributed by atoms with Gasteiger partial charge in [-0.3, -0.25) is 14.4 Å². The molecule has 0 bridgehead atoms. The van der Waals surface area contributed by atoms with Gasteiger partial charge in [-0.1, -0.05) is 12.1 Å². The summed E-state index contributed by atoms with van der Waals surface area (Å²) in [7, 11) is 3.87. The molecule has 7 heteroatoms. The molecule has 1 saturated heterocycles. The molecular weight excluding hydrogens is 332 g/mol. The zero-order valence-electron chi connectivity index (χ0n) is 15.4. The number of carbonyl (C=O) groups excluding carboxylic acids is 3. The number of rotatable bonds is 5. The number of carbonyl (C=O) groups is 3. The Labute approximate surface area is 153 Å². The Morgan fingerprint density at radius 1 is 1.23 bits per heavy atom. The lowest BCUT2D eigenvalue weighted by atomic mass is 10.0. The number of para-hydroxylation sites is 1. The molecular formula is C19H26N4O3. The maximum absolute atomic E-state index is 13.1. The standard InChI is InChI=1S/C19H26N4O3/c1-21(2)12-10-20-17(24)13-23-15-8-4-3-7-14(15)18(25)22-11-6-5-9-16(22)19(23)26/h3-4,7-8,16H,5-6,9-13H2,1-2H3,(H,20,24). The molecule has 140 valence electrons. The van der Waals surface area contributed by atoms with Crippen molar-refractivity contribution < 1.29 is 14.4 Å². The number of amides is 3. The van der Waals surface area contributed by atoms with Gasteiger partial charge in [0.1, 0.15) is 12.6 Å². The Kier molecular flexibility index (Phi) is 5.56. The van der Waals surface area contributed by atoms with Gasteiger partial charge < -0.3 is 20.0 Å². The summed E-state index contributed by atoms with van der Waals surface area (Å²) in [4.78, 5) is 43.6.